The predicted octanol–water partition coefficient (Wildman–Crippen LogP) is 3.20. The minimum atomic E-state index is 0.354. The van der Waals surface area contributed by atoms with E-state index in [9.17, 15) is 5.11 Å². The maximum Gasteiger partial charge on any atom is 0.0460 e. The average molecular weight is 321 g/mol. The van der Waals surface area contributed by atoms with E-state index in [2.05, 4.69) is 46.2 Å². The van der Waals surface area contributed by atoms with Crippen molar-refractivity contribution < 1.29 is 5.11 Å². The van der Waals surface area contributed by atoms with E-state index in [1.807, 2.05) is 0 Å². The van der Waals surface area contributed by atoms with Crippen LogP contribution in [-0.2, 0) is 6.54 Å². The van der Waals surface area contributed by atoms with E-state index in [0.717, 1.165) is 32.5 Å². The van der Waals surface area contributed by atoms with E-state index in [4.69, 9.17) is 0 Å². The first-order chi connectivity index (χ1) is 10.8. The van der Waals surface area contributed by atoms with Crippen LogP contribution in [0.4, 0.5) is 5.69 Å². The van der Waals surface area contributed by atoms with Gasteiger partial charge in [-0.1, -0.05) is 12.1 Å². The second kappa shape index (κ2) is 8.23. The van der Waals surface area contributed by atoms with Crippen LogP contribution in [0.15, 0.2) is 24.3 Å². The Balaban J connectivity index is 1.52. The highest BCUT2D eigenvalue weighted by Gasteiger charge is 2.18. The highest BCUT2D eigenvalue weighted by atomic mass is 32.2. The van der Waals surface area contributed by atoms with Crippen LogP contribution in [0, 0.1) is 5.92 Å². The van der Waals surface area contributed by atoms with Gasteiger partial charge in [0.05, 0.1) is 0 Å². The molecule has 0 bridgehead atoms. The van der Waals surface area contributed by atoms with Crippen molar-refractivity contribution in [2.45, 2.75) is 38.3 Å². The van der Waals surface area contributed by atoms with Crippen molar-refractivity contribution in [3.8, 4) is 0 Å². The lowest BCUT2D eigenvalue weighted by molar-refractivity contribution is 0.127. The van der Waals surface area contributed by atoms with Crippen LogP contribution >= 0.6 is 11.8 Å². The fourth-order valence-corrected chi connectivity index (χ4v) is 4.53. The highest BCUT2D eigenvalue weighted by molar-refractivity contribution is 7.99. The van der Waals surface area contributed by atoms with Gasteiger partial charge in [-0.2, -0.15) is 11.8 Å². The Morgan fingerprint density at radius 2 is 1.91 bits per heavy atom. The summed E-state index contributed by atoms with van der Waals surface area (Å²) in [6.45, 7) is 3.62. The Kier molecular flexibility index (Phi) is 6.04. The molecule has 4 heteroatoms. The molecule has 22 heavy (non-hydrogen) atoms. The van der Waals surface area contributed by atoms with Gasteiger partial charge in [0.2, 0.25) is 0 Å². The third-order valence-corrected chi connectivity index (χ3v) is 5.94. The normalized spacial score (nSPS) is 21.9. The van der Waals surface area contributed by atoms with Crippen molar-refractivity contribution in [3.63, 3.8) is 0 Å². The first kappa shape index (κ1) is 16.2. The van der Waals surface area contributed by atoms with Crippen LogP contribution in [0.3, 0.4) is 0 Å². The van der Waals surface area contributed by atoms with Crippen LogP contribution in [0.1, 0.15) is 31.2 Å². The van der Waals surface area contributed by atoms with Gasteiger partial charge in [0, 0.05) is 24.9 Å². The number of nitrogens with one attached hydrogen (secondary N) is 1. The fourth-order valence-electron chi connectivity index (χ4n) is 3.42. The minimum absolute atomic E-state index is 0.354. The van der Waals surface area contributed by atoms with E-state index in [-0.39, 0.29) is 0 Å². The van der Waals surface area contributed by atoms with E-state index in [1.165, 1.54) is 35.6 Å². The van der Waals surface area contributed by atoms with Gasteiger partial charge in [-0.15, -0.1) is 0 Å². The summed E-state index contributed by atoms with van der Waals surface area (Å²) in [6.07, 6.45) is 4.83. The van der Waals surface area contributed by atoms with Crippen molar-refractivity contribution in [1.82, 2.24) is 4.90 Å². The first-order valence-corrected chi connectivity index (χ1v) is 9.75. The molecule has 0 aliphatic carbocycles. The summed E-state index contributed by atoms with van der Waals surface area (Å²) in [5.74, 6) is 3.10. The maximum atomic E-state index is 9.23. The first-order valence-electron chi connectivity index (χ1n) is 8.60. The summed E-state index contributed by atoms with van der Waals surface area (Å²) >= 11 is 2.07. The molecule has 0 unspecified atom stereocenters. The molecule has 2 aliphatic rings. The monoisotopic (exact) mass is 320 g/mol. The second-order valence-corrected chi connectivity index (χ2v) is 7.86. The SMILES string of the molecule is OCC1CCN(Cc2cccc(NC3CCSCC3)c2)CC1. The topological polar surface area (TPSA) is 35.5 Å². The van der Waals surface area contributed by atoms with Crippen molar-refractivity contribution >= 4 is 17.4 Å². The fraction of sp³-hybridized carbons (Fsp3) is 0.667. The molecule has 2 heterocycles. The number of thioether (sulfide) groups is 1. The van der Waals surface area contributed by atoms with E-state index >= 15 is 0 Å². The molecule has 0 atom stereocenters. The number of aliphatic hydroxyl groups excluding tert-OH is 1. The number of benzene rings is 1. The van der Waals surface area contributed by atoms with Gasteiger partial charge in [-0.25, -0.2) is 0 Å². The zero-order valence-corrected chi connectivity index (χ0v) is 14.2. The van der Waals surface area contributed by atoms with Crippen LogP contribution in [0.5, 0.6) is 0 Å². The summed E-state index contributed by atoms with van der Waals surface area (Å²) < 4.78 is 0. The lowest BCUT2D eigenvalue weighted by atomic mass is 9.97. The number of piperidine rings is 1. The molecule has 1 aromatic carbocycles. The lowest BCUT2D eigenvalue weighted by Gasteiger charge is -2.31. The largest absolute Gasteiger partial charge is 0.396 e. The number of aliphatic hydroxyl groups is 1. The van der Waals surface area contributed by atoms with Gasteiger partial charge < -0.3 is 10.4 Å². The van der Waals surface area contributed by atoms with Gasteiger partial charge in [-0.05, 0) is 73.9 Å². The van der Waals surface area contributed by atoms with Crippen LogP contribution in [-0.4, -0.2) is 47.3 Å². The van der Waals surface area contributed by atoms with Crippen molar-refractivity contribution in [2.24, 2.45) is 5.92 Å². The van der Waals surface area contributed by atoms with Crippen molar-refractivity contribution in [1.29, 1.82) is 0 Å². The molecule has 0 spiro atoms. The van der Waals surface area contributed by atoms with Gasteiger partial charge >= 0.3 is 0 Å². The zero-order chi connectivity index (χ0) is 15.2. The Hall–Kier alpha value is -0.710. The Bertz CT molecular complexity index is 454. The summed E-state index contributed by atoms with van der Waals surface area (Å²) in [5, 5.41) is 12.9. The van der Waals surface area contributed by atoms with E-state index in [0.29, 0.717) is 18.6 Å². The molecule has 0 saturated carbocycles. The van der Waals surface area contributed by atoms with Gasteiger partial charge in [0.1, 0.15) is 0 Å². The van der Waals surface area contributed by atoms with E-state index in [1.54, 1.807) is 0 Å². The quantitative estimate of drug-likeness (QED) is 0.873. The number of anilines is 1. The standard InChI is InChI=1S/C18H28N2OS/c21-14-15-4-8-20(9-5-15)13-16-2-1-3-18(12-16)19-17-6-10-22-11-7-17/h1-3,12,15,17,19,21H,4-11,13-14H2. The molecular weight excluding hydrogens is 292 g/mol. The molecule has 0 amide bonds. The maximum absolute atomic E-state index is 9.23. The lowest BCUT2D eigenvalue weighted by Crippen LogP contribution is -2.34. The third-order valence-electron chi connectivity index (χ3n) is 4.89. The number of rotatable bonds is 5. The zero-order valence-electron chi connectivity index (χ0n) is 13.3. The summed E-state index contributed by atoms with van der Waals surface area (Å²) in [7, 11) is 0. The summed E-state index contributed by atoms with van der Waals surface area (Å²) in [4.78, 5) is 2.52. The van der Waals surface area contributed by atoms with Crippen LogP contribution in [0.2, 0.25) is 0 Å². The number of hydrogen-bond donors (Lipinski definition) is 2. The molecule has 2 saturated heterocycles. The van der Waals surface area contributed by atoms with Gasteiger partial charge in [-0.3, -0.25) is 4.90 Å². The van der Waals surface area contributed by atoms with Crippen molar-refractivity contribution in [2.75, 3.05) is 36.5 Å². The van der Waals surface area contributed by atoms with Gasteiger partial charge in [0.15, 0.2) is 0 Å². The Morgan fingerprint density at radius 3 is 2.64 bits per heavy atom. The molecule has 2 fully saturated rings. The van der Waals surface area contributed by atoms with E-state index < -0.39 is 0 Å². The smallest absolute Gasteiger partial charge is 0.0460 e. The number of likely N-dealkylation sites (tertiary alicyclic amines) is 1. The molecule has 2 N–H and O–H groups in total. The minimum Gasteiger partial charge on any atom is -0.396 e. The molecule has 3 nitrogen and oxygen atoms in total. The predicted molar refractivity (Wildman–Crippen MR) is 95.5 cm³/mol. The molecular formula is C18H28N2OS. The number of nitrogens with zero attached hydrogens (tertiary/aromatic N) is 1. The van der Waals surface area contributed by atoms with Crippen LogP contribution < -0.4 is 5.32 Å². The van der Waals surface area contributed by atoms with Gasteiger partial charge in [0.25, 0.3) is 0 Å². The molecule has 0 radical (unpaired) electrons. The van der Waals surface area contributed by atoms with Crippen molar-refractivity contribution in [3.05, 3.63) is 29.8 Å². The van der Waals surface area contributed by atoms with Crippen LogP contribution in [0.25, 0.3) is 0 Å². The third kappa shape index (κ3) is 4.64. The molecule has 2 aliphatic heterocycles. The molecule has 3 rings (SSSR count). The number of hydrogen-bond acceptors (Lipinski definition) is 4. The summed E-state index contributed by atoms with van der Waals surface area (Å²) in [5.41, 5.74) is 2.68. The Labute approximate surface area is 138 Å². The summed E-state index contributed by atoms with van der Waals surface area (Å²) in [6, 6.07) is 9.58. The second-order valence-electron chi connectivity index (χ2n) is 6.63. The molecule has 122 valence electrons. The molecule has 1 aromatic rings. The highest BCUT2D eigenvalue weighted by Crippen LogP contribution is 2.23. The Morgan fingerprint density at radius 1 is 1.14 bits per heavy atom. The molecule has 0 aromatic heterocycles. The average Bonchev–Trinajstić information content (AvgIpc) is 2.57.